The van der Waals surface area contributed by atoms with Gasteiger partial charge in [0.2, 0.25) is 79.9 Å². The van der Waals surface area contributed by atoms with E-state index in [1.807, 2.05) is 0 Å². The highest BCUT2D eigenvalue weighted by Crippen LogP contribution is 2.58. The van der Waals surface area contributed by atoms with Crippen LogP contribution in [0.5, 0.6) is 34.5 Å². The fourth-order valence-electron chi connectivity index (χ4n) is 3.91. The Bertz CT molecular complexity index is 1520. The van der Waals surface area contributed by atoms with Gasteiger partial charge in [-0.15, -0.1) is 0 Å². The minimum Gasteiger partial charge on any atom is -0.502 e. The lowest BCUT2D eigenvalue weighted by Gasteiger charge is -2.35. The molecule has 1 unspecified atom stereocenters. The average molecular weight is 416 g/mol. The third kappa shape index (κ3) is 1.45. The Morgan fingerprint density at radius 2 is 1.17 bits per heavy atom. The van der Waals surface area contributed by atoms with Crippen molar-refractivity contribution in [1.82, 2.24) is 0 Å². The van der Waals surface area contributed by atoms with Gasteiger partial charge in [-0.2, -0.15) is 0 Å². The van der Waals surface area contributed by atoms with Gasteiger partial charge in [-0.05, 0) is 0 Å². The summed E-state index contributed by atoms with van der Waals surface area (Å²) in [5.41, 5.74) is -0.920. The molecule has 6 N–H and O–H groups in total. The maximum atomic E-state index is 10.8. The molecule has 30 heavy (non-hydrogen) atoms. The van der Waals surface area contributed by atoms with Gasteiger partial charge in [0, 0.05) is 0 Å². The van der Waals surface area contributed by atoms with Crippen molar-refractivity contribution in [3.63, 3.8) is 0 Å². The molecule has 6 aliphatic heterocycles. The quantitative estimate of drug-likeness (QED) is 0.245. The Morgan fingerprint density at radius 1 is 0.600 bits per heavy atom. The molecule has 0 spiro atoms. The van der Waals surface area contributed by atoms with E-state index in [1.165, 1.54) is 0 Å². The summed E-state index contributed by atoms with van der Waals surface area (Å²) in [4.78, 5) is 0. The normalized spacial score (nSPS) is 20.6. The van der Waals surface area contributed by atoms with Crippen molar-refractivity contribution in [3.05, 3.63) is 28.1 Å². The van der Waals surface area contributed by atoms with Gasteiger partial charge >= 0.3 is 0 Å². The predicted octanol–water partition coefficient (Wildman–Crippen LogP) is 2.37. The highest BCUT2D eigenvalue weighted by Gasteiger charge is 2.49. The molecule has 0 aliphatic carbocycles. The minimum absolute atomic E-state index is 0.353. The van der Waals surface area contributed by atoms with Crippen molar-refractivity contribution < 1.29 is 57.8 Å². The Hall–Kier alpha value is -4.32. The molecule has 0 fully saturated rings. The highest BCUT2D eigenvalue weighted by molar-refractivity contribution is 5.79. The molecule has 12 heteroatoms. The molecule has 0 aromatic rings. The zero-order chi connectivity index (χ0) is 20.6. The monoisotopic (exact) mass is 416 g/mol. The van der Waals surface area contributed by atoms with Crippen LogP contribution in [-0.2, 0) is 0 Å². The standard InChI is InChI=1S/C18H8O12/c19-1-7-9-2(20)13-11(25-7)4(22)15-17(28-13)6(24)18-16(30-15)5(23)12-14(29-18)3(21)10(27-9)8(1)26-12/h1,7,19-24H/t1-,7?/m1/s1. The van der Waals surface area contributed by atoms with Crippen LogP contribution in [0.1, 0.15) is 17.6 Å². The predicted molar refractivity (Wildman–Crippen MR) is 87.9 cm³/mol. The van der Waals surface area contributed by atoms with Gasteiger partial charge in [0.05, 0.1) is 0 Å². The molecule has 0 amide bonds. The molecule has 0 bridgehead atoms. The van der Waals surface area contributed by atoms with Gasteiger partial charge in [-0.25, -0.2) is 0 Å². The van der Waals surface area contributed by atoms with Crippen LogP contribution < -0.4 is 9.47 Å². The average Bonchev–Trinajstić information content (AvgIpc) is 2.72. The molecule has 0 radical (unpaired) electrons. The van der Waals surface area contributed by atoms with Crippen LogP contribution in [0.4, 0.5) is 0 Å². The summed E-state index contributed by atoms with van der Waals surface area (Å²) >= 11 is 0. The number of aliphatic hydroxyl groups is 2. The summed E-state index contributed by atoms with van der Waals surface area (Å²) in [7, 11) is 0. The number of rotatable bonds is 0. The molecule has 0 aromatic heterocycles. The van der Waals surface area contributed by atoms with Gasteiger partial charge in [-0.1, -0.05) is 0 Å². The number of ether oxygens (including phenoxy) is 2. The lowest BCUT2D eigenvalue weighted by molar-refractivity contribution is -0.00432. The second kappa shape index (κ2) is 4.46. The third-order valence-corrected chi connectivity index (χ3v) is 5.31. The summed E-state index contributed by atoms with van der Waals surface area (Å²) in [6, 6.07) is 0. The Balaban J connectivity index is 1.90. The number of hydrogen-bond acceptors (Lipinski definition) is 12. The zero-order valence-corrected chi connectivity index (χ0v) is 14.3. The van der Waals surface area contributed by atoms with Crippen LogP contribution in [0.15, 0.2) is 23.4 Å². The fourth-order valence-corrected chi connectivity index (χ4v) is 3.91. The molecule has 0 aromatic carbocycles. The lowest BCUT2D eigenvalue weighted by atomic mass is 9.99. The van der Waals surface area contributed by atoms with E-state index >= 15 is 0 Å². The molecule has 6 aliphatic rings. The van der Waals surface area contributed by atoms with Crippen LogP contribution in [0.3, 0.4) is 0 Å². The third-order valence-electron chi connectivity index (χ3n) is 5.31. The zero-order valence-electron chi connectivity index (χ0n) is 14.3. The molecule has 2 atom stereocenters. The van der Waals surface area contributed by atoms with Gasteiger partial charge in [-0.3, -0.25) is 0 Å². The Morgan fingerprint density at radius 3 is 1.83 bits per heavy atom. The van der Waals surface area contributed by atoms with E-state index in [1.54, 1.807) is 0 Å². The van der Waals surface area contributed by atoms with Gasteiger partial charge < -0.3 is 57.8 Å². The minimum atomic E-state index is -1.64. The largest absolute Gasteiger partial charge is 0.502 e. The Labute approximate surface area is 162 Å². The second-order valence-corrected chi connectivity index (χ2v) is 6.93. The van der Waals surface area contributed by atoms with Crippen molar-refractivity contribution in [2.45, 2.75) is 12.2 Å². The van der Waals surface area contributed by atoms with Crippen molar-refractivity contribution in [2.24, 2.45) is 0 Å². The summed E-state index contributed by atoms with van der Waals surface area (Å²) in [6.07, 6.45) is -3.05. The van der Waals surface area contributed by atoms with Crippen molar-refractivity contribution in [3.8, 4) is 57.5 Å². The first-order valence-electron chi connectivity index (χ1n) is 8.52. The van der Waals surface area contributed by atoms with Crippen molar-refractivity contribution in [1.29, 1.82) is 0 Å². The lowest BCUT2D eigenvalue weighted by Crippen LogP contribution is -2.37. The number of fused-ring (bicyclic) bond motifs is 5. The first-order valence-corrected chi connectivity index (χ1v) is 8.52. The number of hydrogen-bond donors (Lipinski definition) is 6. The van der Waals surface area contributed by atoms with E-state index in [0.29, 0.717) is 0 Å². The van der Waals surface area contributed by atoms with Crippen LogP contribution in [0.25, 0.3) is 28.8 Å². The van der Waals surface area contributed by atoms with E-state index < -0.39 is 92.1 Å². The summed E-state index contributed by atoms with van der Waals surface area (Å²) in [5, 5.41) is 64.3. The maximum absolute atomic E-state index is 10.8. The summed E-state index contributed by atoms with van der Waals surface area (Å²) in [6.45, 7) is 0. The first kappa shape index (κ1) is 15.6. The molecular weight excluding hydrogens is 408 g/mol. The van der Waals surface area contributed by atoms with Crippen molar-refractivity contribution in [2.75, 3.05) is 0 Å². The topological polar surface area (TPSA) is 192 Å². The van der Waals surface area contributed by atoms with Crippen molar-refractivity contribution >= 4 is 5.76 Å². The summed E-state index contributed by atoms with van der Waals surface area (Å²) < 4.78 is 33.2. The van der Waals surface area contributed by atoms with E-state index in [4.69, 9.17) is 27.1 Å². The Kier molecular flexibility index (Phi) is 2.32. The van der Waals surface area contributed by atoms with E-state index in [9.17, 15) is 30.6 Å². The summed E-state index contributed by atoms with van der Waals surface area (Å²) in [5.74, 6) is -7.21. The van der Waals surface area contributed by atoms with Crippen LogP contribution in [0.2, 0.25) is 0 Å². The smallest absolute Gasteiger partial charge is 0.220 e. The highest BCUT2D eigenvalue weighted by atomic mass is 16.6. The van der Waals surface area contributed by atoms with Gasteiger partial charge in [0.1, 0.15) is 0 Å². The number of aromatic hydroxyl groups is 4. The van der Waals surface area contributed by atoms with E-state index in [0.717, 1.165) is 0 Å². The fraction of sp³-hybridized carbons (Fsp3) is 0.111. The van der Waals surface area contributed by atoms with E-state index in [-0.39, 0.29) is 11.5 Å². The molecule has 6 heterocycles. The van der Waals surface area contributed by atoms with E-state index in [2.05, 4.69) is 0 Å². The molecule has 152 valence electrons. The molecule has 12 nitrogen and oxygen atoms in total. The molecule has 6 rings (SSSR count). The second-order valence-electron chi connectivity index (χ2n) is 6.93. The first-order chi connectivity index (χ1) is 14.4. The van der Waals surface area contributed by atoms with Gasteiger partial charge in [0.25, 0.3) is 0 Å². The molecular formula is C18H8O12. The number of aliphatic hydroxyl groups excluding tert-OH is 2. The maximum Gasteiger partial charge on any atom is 0.220 e. The van der Waals surface area contributed by atoms with Gasteiger partial charge in [0.15, 0.2) is 23.7 Å². The van der Waals surface area contributed by atoms with Crippen LogP contribution in [-0.4, -0.2) is 36.7 Å². The molecule has 0 saturated carbocycles. The molecule has 0 saturated heterocycles. The van der Waals surface area contributed by atoms with Crippen LogP contribution >= 0.6 is 0 Å². The van der Waals surface area contributed by atoms with Crippen LogP contribution in [0, 0.1) is 10.8 Å². The SMILES string of the molecule is OC1=C2Oc3c4oc5c(O)c6oc7c(O)c(c1oc-7c(O)c=6oc-5c3O)OC2[C@H]4O.